The lowest BCUT2D eigenvalue weighted by Crippen LogP contribution is -2.47. The van der Waals surface area contributed by atoms with Crippen molar-refractivity contribution >= 4 is 16.8 Å². The number of amides is 1. The van der Waals surface area contributed by atoms with Gasteiger partial charge in [0.15, 0.2) is 0 Å². The first-order valence-corrected chi connectivity index (χ1v) is 10.1. The Balaban J connectivity index is 1.42. The zero-order valence-corrected chi connectivity index (χ0v) is 17.1. The number of piperidine rings is 1. The Morgan fingerprint density at radius 3 is 2.47 bits per heavy atom. The number of carbonyl (C=O) groups is 1. The number of carbonyl (C=O) groups excluding carboxylic acids is 1. The molecule has 4 nitrogen and oxygen atoms in total. The van der Waals surface area contributed by atoms with E-state index >= 15 is 0 Å². The van der Waals surface area contributed by atoms with Gasteiger partial charge in [0, 0.05) is 44.4 Å². The molecule has 30 heavy (non-hydrogen) atoms. The Morgan fingerprint density at radius 2 is 1.80 bits per heavy atom. The molecule has 1 fully saturated rings. The monoisotopic (exact) mass is 410 g/mol. The molecule has 0 atom stereocenters. The number of benzene rings is 2. The van der Waals surface area contributed by atoms with Gasteiger partial charge in [-0.2, -0.15) is 8.78 Å². The predicted molar refractivity (Wildman–Crippen MR) is 113 cm³/mol. The first kappa shape index (κ1) is 20.3. The highest BCUT2D eigenvalue weighted by Gasteiger charge is 2.38. The Kier molecular flexibility index (Phi) is 5.41. The van der Waals surface area contributed by atoms with Gasteiger partial charge in [-0.1, -0.05) is 30.3 Å². The molecule has 2 aromatic carbocycles. The van der Waals surface area contributed by atoms with E-state index in [2.05, 4.69) is 30.1 Å². The third-order valence-electron chi connectivity index (χ3n) is 5.60. The van der Waals surface area contributed by atoms with Crippen molar-refractivity contribution in [3.8, 4) is 16.9 Å². The zero-order valence-electron chi connectivity index (χ0n) is 17.1. The van der Waals surface area contributed by atoms with Crippen LogP contribution in [0.2, 0.25) is 0 Å². The van der Waals surface area contributed by atoms with Crippen LogP contribution in [0.15, 0.2) is 54.7 Å². The van der Waals surface area contributed by atoms with Crippen LogP contribution in [0.25, 0.3) is 22.0 Å². The van der Waals surface area contributed by atoms with Crippen LogP contribution in [0, 0.1) is 6.92 Å². The molecule has 1 amide bonds. The molecule has 6 heteroatoms. The number of alkyl halides is 2. The van der Waals surface area contributed by atoms with Crippen LogP contribution in [0.4, 0.5) is 8.78 Å². The average Bonchev–Trinajstić information content (AvgIpc) is 2.74. The minimum absolute atomic E-state index is 0.0861. The quantitative estimate of drug-likeness (QED) is 0.591. The van der Waals surface area contributed by atoms with Gasteiger partial charge >= 0.3 is 5.92 Å². The highest BCUT2D eigenvalue weighted by molar-refractivity contribution is 5.88. The molecule has 2 heterocycles. The second-order valence-electron chi connectivity index (χ2n) is 7.84. The highest BCUT2D eigenvalue weighted by Crippen LogP contribution is 2.30. The molecule has 0 spiro atoms. The fourth-order valence-electron chi connectivity index (χ4n) is 3.96. The van der Waals surface area contributed by atoms with Crippen molar-refractivity contribution in [3.63, 3.8) is 0 Å². The number of pyridine rings is 1. The van der Waals surface area contributed by atoms with E-state index in [4.69, 9.17) is 4.74 Å². The number of hydrogen-bond acceptors (Lipinski definition) is 3. The molecule has 0 N–H and O–H groups in total. The van der Waals surface area contributed by atoms with Crippen molar-refractivity contribution in [1.29, 1.82) is 0 Å². The number of aromatic nitrogens is 1. The van der Waals surface area contributed by atoms with Crippen molar-refractivity contribution in [2.75, 3.05) is 13.1 Å². The highest BCUT2D eigenvalue weighted by atomic mass is 19.3. The van der Waals surface area contributed by atoms with Crippen LogP contribution in [-0.4, -0.2) is 40.9 Å². The maximum absolute atomic E-state index is 13.2. The van der Waals surface area contributed by atoms with Crippen molar-refractivity contribution in [2.24, 2.45) is 0 Å². The Labute approximate surface area is 174 Å². The second-order valence-corrected chi connectivity index (χ2v) is 7.84. The first-order valence-electron chi connectivity index (χ1n) is 10.1. The van der Waals surface area contributed by atoms with Crippen LogP contribution in [-0.2, 0) is 4.79 Å². The number of aryl methyl sites for hydroxylation is 1. The maximum atomic E-state index is 13.2. The standard InChI is InChI=1S/C24H24F2N2O2/c1-16-21(10-7-18-4-3-13-27-22(16)18)17-5-8-19(9-6-17)30-20-11-14-28(15-12-20)23(29)24(2,25)26/h3-10,13,20H,11-12,14-15H2,1-2H3. The molecule has 4 rings (SSSR count). The summed E-state index contributed by atoms with van der Waals surface area (Å²) in [6.07, 6.45) is 2.80. The van der Waals surface area contributed by atoms with Gasteiger partial charge in [-0.05, 0) is 41.8 Å². The summed E-state index contributed by atoms with van der Waals surface area (Å²) in [5.74, 6) is -3.69. The molecular weight excluding hydrogens is 386 g/mol. The summed E-state index contributed by atoms with van der Waals surface area (Å²) in [5, 5.41) is 1.12. The third kappa shape index (κ3) is 4.13. The molecule has 0 saturated carbocycles. The van der Waals surface area contributed by atoms with Gasteiger partial charge < -0.3 is 9.64 Å². The molecule has 3 aromatic rings. The molecule has 0 aliphatic carbocycles. The summed E-state index contributed by atoms with van der Waals surface area (Å²) in [6, 6.07) is 16.0. The van der Waals surface area contributed by atoms with E-state index in [1.165, 1.54) is 4.90 Å². The minimum Gasteiger partial charge on any atom is -0.490 e. The summed E-state index contributed by atoms with van der Waals surface area (Å²) in [4.78, 5) is 17.4. The minimum atomic E-state index is -3.32. The van der Waals surface area contributed by atoms with E-state index in [0.29, 0.717) is 19.8 Å². The number of rotatable bonds is 4. The van der Waals surface area contributed by atoms with Crippen molar-refractivity contribution < 1.29 is 18.3 Å². The van der Waals surface area contributed by atoms with Crippen LogP contribution in [0.3, 0.4) is 0 Å². The molecule has 0 unspecified atom stereocenters. The van der Waals surface area contributed by atoms with Gasteiger partial charge in [0.1, 0.15) is 11.9 Å². The molecule has 1 saturated heterocycles. The lowest BCUT2D eigenvalue weighted by atomic mass is 9.98. The normalized spacial score (nSPS) is 15.4. The number of nitrogens with zero attached hydrogens (tertiary/aromatic N) is 2. The van der Waals surface area contributed by atoms with Crippen molar-refractivity contribution in [2.45, 2.75) is 38.7 Å². The van der Waals surface area contributed by atoms with E-state index in [-0.39, 0.29) is 19.2 Å². The molecular formula is C24H24F2N2O2. The molecule has 1 aromatic heterocycles. The fraction of sp³-hybridized carbons (Fsp3) is 0.333. The molecule has 0 radical (unpaired) electrons. The number of hydrogen-bond donors (Lipinski definition) is 0. The smallest absolute Gasteiger partial charge is 0.322 e. The molecule has 1 aliphatic rings. The predicted octanol–water partition coefficient (Wildman–Crippen LogP) is 5.24. The van der Waals surface area contributed by atoms with Gasteiger partial charge in [-0.15, -0.1) is 0 Å². The number of likely N-dealkylation sites (tertiary alicyclic amines) is 1. The largest absolute Gasteiger partial charge is 0.490 e. The van der Waals surface area contributed by atoms with Crippen LogP contribution < -0.4 is 4.74 Å². The fourth-order valence-corrected chi connectivity index (χ4v) is 3.96. The van der Waals surface area contributed by atoms with Gasteiger partial charge in [0.25, 0.3) is 5.91 Å². The van der Waals surface area contributed by atoms with E-state index in [0.717, 1.165) is 33.3 Å². The van der Waals surface area contributed by atoms with E-state index in [1.807, 2.05) is 30.3 Å². The SMILES string of the molecule is Cc1c(-c2ccc(OC3CCN(C(=O)C(C)(F)F)CC3)cc2)ccc2cccnc12. The lowest BCUT2D eigenvalue weighted by Gasteiger charge is -2.33. The second kappa shape index (κ2) is 8.01. The van der Waals surface area contributed by atoms with Crippen LogP contribution in [0.5, 0.6) is 5.75 Å². The zero-order chi connectivity index (χ0) is 21.3. The number of ether oxygens (including phenoxy) is 1. The Hall–Kier alpha value is -3.02. The number of halogens is 2. The summed E-state index contributed by atoms with van der Waals surface area (Å²) in [6.45, 7) is 3.29. The summed E-state index contributed by atoms with van der Waals surface area (Å²) >= 11 is 0. The van der Waals surface area contributed by atoms with Crippen molar-refractivity contribution in [1.82, 2.24) is 9.88 Å². The summed E-state index contributed by atoms with van der Waals surface area (Å²) in [7, 11) is 0. The Bertz CT molecular complexity index is 1050. The molecule has 1 aliphatic heterocycles. The third-order valence-corrected chi connectivity index (χ3v) is 5.60. The molecule has 156 valence electrons. The number of fused-ring (bicyclic) bond motifs is 1. The van der Waals surface area contributed by atoms with Crippen LogP contribution >= 0.6 is 0 Å². The lowest BCUT2D eigenvalue weighted by molar-refractivity contribution is -0.156. The van der Waals surface area contributed by atoms with Gasteiger partial charge in [-0.3, -0.25) is 9.78 Å². The maximum Gasteiger partial charge on any atom is 0.322 e. The van der Waals surface area contributed by atoms with E-state index in [1.54, 1.807) is 6.20 Å². The average molecular weight is 410 g/mol. The van der Waals surface area contributed by atoms with E-state index in [9.17, 15) is 13.6 Å². The topological polar surface area (TPSA) is 42.4 Å². The van der Waals surface area contributed by atoms with Gasteiger partial charge in [0.05, 0.1) is 5.52 Å². The summed E-state index contributed by atoms with van der Waals surface area (Å²) < 4.78 is 32.4. The Morgan fingerprint density at radius 1 is 1.10 bits per heavy atom. The van der Waals surface area contributed by atoms with Crippen molar-refractivity contribution in [3.05, 3.63) is 60.3 Å². The van der Waals surface area contributed by atoms with Gasteiger partial charge in [0.2, 0.25) is 0 Å². The van der Waals surface area contributed by atoms with Gasteiger partial charge in [-0.25, -0.2) is 0 Å². The first-order chi connectivity index (χ1) is 14.3. The van der Waals surface area contributed by atoms with E-state index < -0.39 is 11.8 Å². The van der Waals surface area contributed by atoms with Crippen LogP contribution in [0.1, 0.15) is 25.3 Å². The summed E-state index contributed by atoms with van der Waals surface area (Å²) in [5.41, 5.74) is 4.33. The molecule has 0 bridgehead atoms.